The molecule has 10 heteroatoms. The maximum atomic E-state index is 12.1. The molecule has 27 heavy (non-hydrogen) atoms. The molecule has 0 fully saturated rings. The molecule has 0 aliphatic carbocycles. The van der Waals surface area contributed by atoms with Crippen molar-refractivity contribution in [2.75, 3.05) is 27.3 Å². The van der Waals surface area contributed by atoms with E-state index in [0.29, 0.717) is 25.7 Å². The highest BCUT2D eigenvalue weighted by molar-refractivity contribution is 14.0. The van der Waals surface area contributed by atoms with Crippen LogP contribution in [-0.4, -0.2) is 41.7 Å². The van der Waals surface area contributed by atoms with Crippen molar-refractivity contribution in [3.8, 4) is 0 Å². The Labute approximate surface area is 181 Å². The number of methoxy groups -OCH3 is 1. The third-order valence-electron chi connectivity index (χ3n) is 3.53. The summed E-state index contributed by atoms with van der Waals surface area (Å²) in [6, 6.07) is 10.8. The van der Waals surface area contributed by atoms with E-state index in [-0.39, 0.29) is 35.4 Å². The fourth-order valence-corrected chi connectivity index (χ4v) is 3.80. The van der Waals surface area contributed by atoms with E-state index in [1.807, 2.05) is 11.4 Å². The average molecular weight is 524 g/mol. The van der Waals surface area contributed by atoms with Crippen LogP contribution in [-0.2, 0) is 27.8 Å². The number of ether oxygens (including phenoxy) is 1. The molecule has 0 aliphatic heterocycles. The third kappa shape index (κ3) is 8.13. The monoisotopic (exact) mass is 524 g/mol. The molecule has 0 unspecified atom stereocenters. The van der Waals surface area contributed by atoms with E-state index in [1.54, 1.807) is 42.6 Å². The van der Waals surface area contributed by atoms with Crippen molar-refractivity contribution in [2.45, 2.75) is 18.0 Å². The molecule has 1 aromatic heterocycles. The Bertz CT molecular complexity index is 794. The lowest BCUT2D eigenvalue weighted by Gasteiger charge is -2.12. The smallest absolute Gasteiger partial charge is 0.240 e. The second kappa shape index (κ2) is 12.3. The summed E-state index contributed by atoms with van der Waals surface area (Å²) in [5.41, 5.74) is 0.958. The van der Waals surface area contributed by atoms with Crippen LogP contribution in [0.5, 0.6) is 0 Å². The number of rotatable bonds is 9. The SMILES string of the molecule is CN=C(NCc1ccc(S(=O)(=O)NCCOC)cc1)NCc1cccs1.I. The third-order valence-corrected chi connectivity index (χ3v) is 5.88. The van der Waals surface area contributed by atoms with Crippen molar-refractivity contribution >= 4 is 51.3 Å². The normalized spacial score (nSPS) is 11.7. The quantitative estimate of drug-likeness (QED) is 0.203. The lowest BCUT2D eigenvalue weighted by Crippen LogP contribution is -2.36. The van der Waals surface area contributed by atoms with Gasteiger partial charge in [0.1, 0.15) is 0 Å². The van der Waals surface area contributed by atoms with Crippen LogP contribution in [0.2, 0.25) is 0 Å². The molecule has 0 bridgehead atoms. The van der Waals surface area contributed by atoms with Gasteiger partial charge in [-0.15, -0.1) is 35.3 Å². The van der Waals surface area contributed by atoms with Crippen molar-refractivity contribution in [1.82, 2.24) is 15.4 Å². The fourth-order valence-electron chi connectivity index (χ4n) is 2.14. The van der Waals surface area contributed by atoms with Crippen LogP contribution in [0.4, 0.5) is 0 Å². The minimum atomic E-state index is -3.50. The standard InChI is InChI=1S/C17H24N4O3S2.HI/c1-18-17(20-13-15-4-3-11-25-15)19-12-14-5-7-16(8-6-14)26(22,23)21-9-10-24-2;/h3-8,11,21H,9-10,12-13H2,1-2H3,(H2,18,19,20);1H. The zero-order valence-corrected chi connectivity index (χ0v) is 19.2. The molecule has 3 N–H and O–H groups in total. The van der Waals surface area contributed by atoms with E-state index < -0.39 is 10.0 Å². The van der Waals surface area contributed by atoms with Gasteiger partial charge in [0.15, 0.2) is 5.96 Å². The van der Waals surface area contributed by atoms with Gasteiger partial charge in [-0.1, -0.05) is 18.2 Å². The second-order valence-electron chi connectivity index (χ2n) is 5.39. The maximum Gasteiger partial charge on any atom is 0.240 e. The second-order valence-corrected chi connectivity index (χ2v) is 8.19. The average Bonchev–Trinajstić information content (AvgIpc) is 3.16. The fraction of sp³-hybridized carbons (Fsp3) is 0.353. The highest BCUT2D eigenvalue weighted by Crippen LogP contribution is 2.10. The minimum absolute atomic E-state index is 0. The Morgan fingerprint density at radius 3 is 2.44 bits per heavy atom. The first-order valence-corrected chi connectivity index (χ1v) is 10.5. The number of halogens is 1. The van der Waals surface area contributed by atoms with Crippen molar-refractivity contribution < 1.29 is 13.2 Å². The lowest BCUT2D eigenvalue weighted by atomic mass is 10.2. The molecule has 150 valence electrons. The summed E-state index contributed by atoms with van der Waals surface area (Å²) in [5, 5.41) is 8.48. The van der Waals surface area contributed by atoms with E-state index >= 15 is 0 Å². The Balaban J connectivity index is 0.00000364. The van der Waals surface area contributed by atoms with Crippen molar-refractivity contribution in [3.05, 3.63) is 52.2 Å². The molecule has 0 atom stereocenters. The Kier molecular flexibility index (Phi) is 10.8. The molecule has 0 aliphatic rings. The van der Waals surface area contributed by atoms with Crippen LogP contribution in [0.1, 0.15) is 10.4 Å². The molecule has 1 aromatic carbocycles. The highest BCUT2D eigenvalue weighted by atomic mass is 127. The number of hydrogen-bond donors (Lipinski definition) is 3. The van der Waals surface area contributed by atoms with Crippen molar-refractivity contribution in [2.24, 2.45) is 4.99 Å². The van der Waals surface area contributed by atoms with Gasteiger partial charge in [0.25, 0.3) is 0 Å². The number of thiophene rings is 1. The zero-order valence-electron chi connectivity index (χ0n) is 15.3. The Hall–Kier alpha value is -1.21. The first-order valence-electron chi connectivity index (χ1n) is 8.09. The number of nitrogens with one attached hydrogen (secondary N) is 3. The number of sulfonamides is 1. The Morgan fingerprint density at radius 2 is 1.85 bits per heavy atom. The van der Waals surface area contributed by atoms with Crippen LogP contribution < -0.4 is 15.4 Å². The van der Waals surface area contributed by atoms with Gasteiger partial charge in [0.05, 0.1) is 18.0 Å². The summed E-state index contributed by atoms with van der Waals surface area (Å²) in [4.78, 5) is 5.64. The van der Waals surface area contributed by atoms with Crippen LogP contribution >= 0.6 is 35.3 Å². The number of hydrogen-bond acceptors (Lipinski definition) is 5. The van der Waals surface area contributed by atoms with Gasteiger partial charge in [-0.2, -0.15) is 0 Å². The zero-order chi connectivity index (χ0) is 18.8. The van der Waals surface area contributed by atoms with Crippen LogP contribution in [0, 0.1) is 0 Å². The van der Waals surface area contributed by atoms with E-state index in [2.05, 4.69) is 26.4 Å². The van der Waals surface area contributed by atoms with Gasteiger partial charge in [-0.3, -0.25) is 4.99 Å². The van der Waals surface area contributed by atoms with Crippen LogP contribution in [0.15, 0.2) is 51.7 Å². The molecular formula is C17H25IN4O3S2. The molecule has 2 aromatic rings. The summed E-state index contributed by atoms with van der Waals surface area (Å²) in [6.45, 7) is 1.83. The van der Waals surface area contributed by atoms with E-state index in [4.69, 9.17) is 4.74 Å². The first kappa shape index (κ1) is 23.8. The number of benzene rings is 1. The predicted molar refractivity (Wildman–Crippen MR) is 120 cm³/mol. The van der Waals surface area contributed by atoms with Crippen molar-refractivity contribution in [1.29, 1.82) is 0 Å². The van der Waals surface area contributed by atoms with Crippen LogP contribution in [0.3, 0.4) is 0 Å². The van der Waals surface area contributed by atoms with Gasteiger partial charge in [-0.25, -0.2) is 13.1 Å². The van der Waals surface area contributed by atoms with E-state index in [9.17, 15) is 8.42 Å². The molecule has 1 heterocycles. The number of guanidine groups is 1. The molecule has 0 amide bonds. The first-order chi connectivity index (χ1) is 12.5. The molecular weight excluding hydrogens is 499 g/mol. The van der Waals surface area contributed by atoms with Gasteiger partial charge >= 0.3 is 0 Å². The summed E-state index contributed by atoms with van der Waals surface area (Å²) in [6.07, 6.45) is 0. The van der Waals surface area contributed by atoms with Gasteiger partial charge < -0.3 is 15.4 Å². The van der Waals surface area contributed by atoms with E-state index in [0.717, 1.165) is 5.56 Å². The number of nitrogens with zero attached hydrogens (tertiary/aromatic N) is 1. The largest absolute Gasteiger partial charge is 0.383 e. The van der Waals surface area contributed by atoms with Gasteiger partial charge in [-0.05, 0) is 29.1 Å². The molecule has 0 spiro atoms. The van der Waals surface area contributed by atoms with E-state index in [1.165, 1.54) is 12.0 Å². The molecule has 0 radical (unpaired) electrons. The summed E-state index contributed by atoms with van der Waals surface area (Å²) in [7, 11) is -0.264. The molecule has 0 saturated carbocycles. The summed E-state index contributed by atoms with van der Waals surface area (Å²) in [5.74, 6) is 0.691. The number of aliphatic imine (C=N–C) groups is 1. The highest BCUT2D eigenvalue weighted by Gasteiger charge is 2.12. The summed E-state index contributed by atoms with van der Waals surface area (Å²) < 4.78 is 31.6. The molecule has 0 saturated heterocycles. The summed E-state index contributed by atoms with van der Waals surface area (Å²) >= 11 is 1.68. The molecule has 7 nitrogen and oxygen atoms in total. The minimum Gasteiger partial charge on any atom is -0.383 e. The topological polar surface area (TPSA) is 91.8 Å². The lowest BCUT2D eigenvalue weighted by molar-refractivity contribution is 0.204. The van der Waals surface area contributed by atoms with Gasteiger partial charge in [0, 0.05) is 32.1 Å². The van der Waals surface area contributed by atoms with Crippen LogP contribution in [0.25, 0.3) is 0 Å². The Morgan fingerprint density at radius 1 is 1.15 bits per heavy atom. The van der Waals surface area contributed by atoms with Crippen molar-refractivity contribution in [3.63, 3.8) is 0 Å². The predicted octanol–water partition coefficient (Wildman–Crippen LogP) is 2.16. The maximum absolute atomic E-state index is 12.1. The van der Waals surface area contributed by atoms with Gasteiger partial charge in [0.2, 0.25) is 10.0 Å². The molecule has 2 rings (SSSR count).